The Labute approximate surface area is 138 Å². The Morgan fingerprint density at radius 3 is 2.65 bits per heavy atom. The molecule has 3 aromatic rings. The molecule has 0 saturated heterocycles. The van der Waals surface area contributed by atoms with Crippen molar-refractivity contribution in [1.29, 1.82) is 5.26 Å². The van der Waals surface area contributed by atoms with Crippen LogP contribution in [0.2, 0.25) is 0 Å². The van der Waals surface area contributed by atoms with Crippen molar-refractivity contribution in [3.63, 3.8) is 0 Å². The molecule has 112 valence electrons. The van der Waals surface area contributed by atoms with Crippen LogP contribution in [0.1, 0.15) is 20.9 Å². The lowest BCUT2D eigenvalue weighted by molar-refractivity contribution is 0.102. The molecule has 0 bridgehead atoms. The van der Waals surface area contributed by atoms with Crippen molar-refractivity contribution in [1.82, 2.24) is 4.98 Å². The van der Waals surface area contributed by atoms with Crippen molar-refractivity contribution in [2.45, 2.75) is 6.92 Å². The molecular weight excluding hydrogens is 306 g/mol. The van der Waals surface area contributed by atoms with Crippen LogP contribution in [0.25, 0.3) is 11.3 Å². The zero-order valence-corrected chi connectivity index (χ0v) is 13.2. The van der Waals surface area contributed by atoms with E-state index in [0.717, 1.165) is 16.3 Å². The van der Waals surface area contributed by atoms with Gasteiger partial charge in [-0.25, -0.2) is 4.98 Å². The standard InChI is InChI=1S/C18H13N3OS/c1-12-20-17(11-23-12)15-3-2-4-16(9-15)21-18(22)14-7-5-13(10-19)6-8-14/h2-9,11H,1H3,(H,21,22). The first-order chi connectivity index (χ1) is 11.2. The number of hydrogen-bond acceptors (Lipinski definition) is 4. The Balaban J connectivity index is 1.79. The van der Waals surface area contributed by atoms with Gasteiger partial charge in [-0.2, -0.15) is 5.26 Å². The predicted octanol–water partition coefficient (Wildman–Crippen LogP) is 4.24. The van der Waals surface area contributed by atoms with Gasteiger partial charge in [0.1, 0.15) is 0 Å². The first-order valence-electron chi connectivity index (χ1n) is 7.00. The van der Waals surface area contributed by atoms with Gasteiger partial charge in [-0.05, 0) is 43.3 Å². The first kappa shape index (κ1) is 14.9. The number of nitriles is 1. The van der Waals surface area contributed by atoms with Gasteiger partial charge in [-0.3, -0.25) is 4.79 Å². The van der Waals surface area contributed by atoms with E-state index in [-0.39, 0.29) is 5.91 Å². The van der Waals surface area contributed by atoms with Gasteiger partial charge >= 0.3 is 0 Å². The number of anilines is 1. The van der Waals surface area contributed by atoms with Crippen molar-refractivity contribution in [3.8, 4) is 17.3 Å². The summed E-state index contributed by atoms with van der Waals surface area (Å²) in [6, 6.07) is 16.2. The fourth-order valence-electron chi connectivity index (χ4n) is 2.15. The lowest BCUT2D eigenvalue weighted by atomic mass is 10.1. The highest BCUT2D eigenvalue weighted by atomic mass is 32.1. The fourth-order valence-corrected chi connectivity index (χ4v) is 2.77. The summed E-state index contributed by atoms with van der Waals surface area (Å²) in [6.07, 6.45) is 0. The zero-order valence-electron chi connectivity index (χ0n) is 12.4. The maximum Gasteiger partial charge on any atom is 0.255 e. The quantitative estimate of drug-likeness (QED) is 0.785. The predicted molar refractivity (Wildman–Crippen MR) is 91.4 cm³/mol. The van der Waals surface area contributed by atoms with Crippen LogP contribution in [0.3, 0.4) is 0 Å². The minimum Gasteiger partial charge on any atom is -0.322 e. The monoisotopic (exact) mass is 319 g/mol. The van der Waals surface area contributed by atoms with Gasteiger partial charge in [-0.1, -0.05) is 12.1 Å². The van der Waals surface area contributed by atoms with Crippen LogP contribution in [-0.4, -0.2) is 10.9 Å². The Morgan fingerprint density at radius 2 is 2.00 bits per heavy atom. The Hall–Kier alpha value is -2.97. The lowest BCUT2D eigenvalue weighted by Gasteiger charge is -2.07. The molecule has 0 unspecified atom stereocenters. The van der Waals surface area contributed by atoms with Gasteiger partial charge in [0, 0.05) is 22.2 Å². The highest BCUT2D eigenvalue weighted by molar-refractivity contribution is 7.09. The van der Waals surface area contributed by atoms with Crippen LogP contribution in [0, 0.1) is 18.3 Å². The van der Waals surface area contributed by atoms with Crippen LogP contribution >= 0.6 is 11.3 Å². The summed E-state index contributed by atoms with van der Waals surface area (Å²) in [7, 11) is 0. The van der Waals surface area contributed by atoms with Crippen LogP contribution in [0.5, 0.6) is 0 Å². The van der Waals surface area contributed by atoms with E-state index < -0.39 is 0 Å². The summed E-state index contributed by atoms with van der Waals surface area (Å²) in [5, 5.41) is 14.7. The molecule has 4 nitrogen and oxygen atoms in total. The van der Waals surface area contributed by atoms with E-state index in [9.17, 15) is 4.79 Å². The van der Waals surface area contributed by atoms with E-state index in [1.807, 2.05) is 42.6 Å². The number of nitrogens with zero attached hydrogens (tertiary/aromatic N) is 2. The van der Waals surface area contributed by atoms with E-state index in [0.29, 0.717) is 16.8 Å². The number of amides is 1. The smallest absolute Gasteiger partial charge is 0.255 e. The number of nitrogens with one attached hydrogen (secondary N) is 1. The van der Waals surface area contributed by atoms with Crippen LogP contribution in [0.15, 0.2) is 53.9 Å². The molecule has 0 fully saturated rings. The van der Waals surface area contributed by atoms with Gasteiger partial charge in [0.25, 0.3) is 5.91 Å². The Morgan fingerprint density at radius 1 is 1.22 bits per heavy atom. The van der Waals surface area contributed by atoms with Gasteiger partial charge in [-0.15, -0.1) is 11.3 Å². The minimum atomic E-state index is -0.207. The SMILES string of the molecule is Cc1nc(-c2cccc(NC(=O)c3ccc(C#N)cc3)c2)cs1. The second kappa shape index (κ2) is 6.42. The summed E-state index contributed by atoms with van der Waals surface area (Å²) < 4.78 is 0. The minimum absolute atomic E-state index is 0.207. The topological polar surface area (TPSA) is 65.8 Å². The molecule has 5 heteroatoms. The molecular formula is C18H13N3OS. The molecule has 0 aliphatic rings. The first-order valence-corrected chi connectivity index (χ1v) is 7.88. The highest BCUT2D eigenvalue weighted by Crippen LogP contribution is 2.24. The molecule has 23 heavy (non-hydrogen) atoms. The number of thiazole rings is 1. The molecule has 0 aliphatic heterocycles. The molecule has 1 aromatic heterocycles. The molecule has 1 amide bonds. The number of aromatic nitrogens is 1. The zero-order chi connectivity index (χ0) is 16.2. The maximum absolute atomic E-state index is 12.3. The van der Waals surface area contributed by atoms with Crippen LogP contribution in [-0.2, 0) is 0 Å². The third-order valence-electron chi connectivity index (χ3n) is 3.31. The Bertz CT molecular complexity index is 891. The van der Waals surface area contributed by atoms with Crippen molar-refractivity contribution in [3.05, 3.63) is 70.0 Å². The van der Waals surface area contributed by atoms with E-state index in [4.69, 9.17) is 5.26 Å². The lowest BCUT2D eigenvalue weighted by Crippen LogP contribution is -2.11. The average Bonchev–Trinajstić information content (AvgIpc) is 3.02. The average molecular weight is 319 g/mol. The second-order valence-electron chi connectivity index (χ2n) is 4.98. The second-order valence-corrected chi connectivity index (χ2v) is 6.04. The largest absolute Gasteiger partial charge is 0.322 e. The van der Waals surface area contributed by atoms with Crippen LogP contribution in [0.4, 0.5) is 5.69 Å². The number of rotatable bonds is 3. The summed E-state index contributed by atoms with van der Waals surface area (Å²) in [6.45, 7) is 1.96. The van der Waals surface area contributed by atoms with Crippen molar-refractivity contribution >= 4 is 22.9 Å². The van der Waals surface area contributed by atoms with E-state index >= 15 is 0 Å². The fraction of sp³-hybridized carbons (Fsp3) is 0.0556. The molecule has 0 saturated carbocycles. The molecule has 0 spiro atoms. The molecule has 0 radical (unpaired) electrons. The number of benzene rings is 2. The third kappa shape index (κ3) is 3.44. The summed E-state index contributed by atoms with van der Waals surface area (Å²) in [4.78, 5) is 16.7. The normalized spacial score (nSPS) is 10.1. The van der Waals surface area contributed by atoms with Crippen molar-refractivity contribution in [2.75, 3.05) is 5.32 Å². The maximum atomic E-state index is 12.3. The van der Waals surface area contributed by atoms with Crippen molar-refractivity contribution in [2.24, 2.45) is 0 Å². The van der Waals surface area contributed by atoms with Gasteiger partial charge < -0.3 is 5.32 Å². The summed E-state index contributed by atoms with van der Waals surface area (Å²) >= 11 is 1.59. The van der Waals surface area contributed by atoms with Crippen molar-refractivity contribution < 1.29 is 4.79 Å². The van der Waals surface area contributed by atoms with E-state index in [2.05, 4.69) is 10.3 Å². The third-order valence-corrected chi connectivity index (χ3v) is 4.08. The molecule has 0 aliphatic carbocycles. The summed E-state index contributed by atoms with van der Waals surface area (Å²) in [5.41, 5.74) is 3.62. The highest BCUT2D eigenvalue weighted by Gasteiger charge is 2.08. The number of aryl methyl sites for hydroxylation is 1. The van der Waals surface area contributed by atoms with Gasteiger partial charge in [0.15, 0.2) is 0 Å². The molecule has 3 rings (SSSR count). The number of hydrogen-bond donors (Lipinski definition) is 1. The summed E-state index contributed by atoms with van der Waals surface area (Å²) in [5.74, 6) is -0.207. The van der Waals surface area contributed by atoms with E-state index in [1.54, 1.807) is 35.6 Å². The molecule has 0 atom stereocenters. The number of carbonyl (C=O) groups is 1. The van der Waals surface area contributed by atoms with Gasteiger partial charge in [0.2, 0.25) is 0 Å². The molecule has 1 N–H and O–H groups in total. The van der Waals surface area contributed by atoms with E-state index in [1.165, 1.54) is 0 Å². The Kier molecular flexibility index (Phi) is 4.18. The van der Waals surface area contributed by atoms with Crippen LogP contribution < -0.4 is 5.32 Å². The molecule has 2 aromatic carbocycles. The van der Waals surface area contributed by atoms with Gasteiger partial charge in [0.05, 0.1) is 22.3 Å². The number of carbonyl (C=O) groups excluding carboxylic acids is 1. The molecule has 1 heterocycles.